The monoisotopic (exact) mass is 455 g/mol. The maximum absolute atomic E-state index is 13.8. The molecule has 1 spiro atoms. The van der Waals surface area contributed by atoms with Crippen molar-refractivity contribution in [2.24, 2.45) is 0 Å². The van der Waals surface area contributed by atoms with Gasteiger partial charge in [-0.25, -0.2) is 0 Å². The van der Waals surface area contributed by atoms with E-state index in [2.05, 4.69) is 0 Å². The van der Waals surface area contributed by atoms with E-state index in [0.29, 0.717) is 50.8 Å². The van der Waals surface area contributed by atoms with Gasteiger partial charge in [-0.3, -0.25) is 4.79 Å². The smallest absolute Gasteiger partial charge is 0.233 e. The molecule has 0 radical (unpaired) electrons. The summed E-state index contributed by atoms with van der Waals surface area (Å²) in [5.74, 6) is 1.10. The average molecular weight is 456 g/mol. The Hall–Kier alpha value is -2.08. The summed E-state index contributed by atoms with van der Waals surface area (Å²) in [6, 6.07) is 17.7. The first-order valence-electron chi connectivity index (χ1n) is 11.6. The fourth-order valence-corrected chi connectivity index (χ4v) is 5.58. The molecule has 2 aromatic carbocycles. The number of likely N-dealkylation sites (tertiary alicyclic amines) is 1. The number of carbonyl (C=O) groups excluding carboxylic acids is 1. The Balaban J connectivity index is 1.25. The Bertz CT molecular complexity index is 919. The van der Waals surface area contributed by atoms with Crippen LogP contribution in [0.3, 0.4) is 0 Å². The van der Waals surface area contributed by atoms with Crippen LogP contribution in [0.2, 0.25) is 5.02 Å². The molecular weight excluding hydrogens is 426 g/mol. The molecule has 3 fully saturated rings. The van der Waals surface area contributed by atoms with Gasteiger partial charge in [0.2, 0.25) is 5.91 Å². The van der Waals surface area contributed by atoms with Gasteiger partial charge in [-0.1, -0.05) is 41.9 Å². The van der Waals surface area contributed by atoms with E-state index in [4.69, 9.17) is 25.8 Å². The molecule has 1 atom stereocenters. The predicted molar refractivity (Wildman–Crippen MR) is 123 cm³/mol. The number of hydrogen-bond donors (Lipinski definition) is 0. The maximum Gasteiger partial charge on any atom is 0.233 e. The number of benzene rings is 2. The predicted octanol–water partition coefficient (Wildman–Crippen LogP) is 4.62. The van der Waals surface area contributed by atoms with Gasteiger partial charge >= 0.3 is 0 Å². The van der Waals surface area contributed by atoms with Gasteiger partial charge in [-0.15, -0.1) is 0 Å². The Morgan fingerprint density at radius 1 is 0.969 bits per heavy atom. The molecule has 0 N–H and O–H groups in total. The third kappa shape index (κ3) is 4.26. The fourth-order valence-electron chi connectivity index (χ4n) is 5.45. The average Bonchev–Trinajstić information content (AvgIpc) is 3.22. The second kappa shape index (κ2) is 9.05. The van der Waals surface area contributed by atoms with Crippen molar-refractivity contribution in [3.05, 3.63) is 65.2 Å². The highest BCUT2D eigenvalue weighted by molar-refractivity contribution is 6.30. The minimum absolute atomic E-state index is 0.0653. The molecule has 0 aromatic heterocycles. The number of nitrogens with zero attached hydrogens (tertiary/aromatic N) is 1. The van der Waals surface area contributed by atoms with Crippen LogP contribution < -0.4 is 4.74 Å². The summed E-state index contributed by atoms with van der Waals surface area (Å²) >= 11 is 6.11. The normalized spacial score (nSPS) is 24.4. The summed E-state index contributed by atoms with van der Waals surface area (Å²) in [6.45, 7) is 3.25. The van der Waals surface area contributed by atoms with Crippen molar-refractivity contribution < 1.29 is 19.0 Å². The molecule has 3 heterocycles. The van der Waals surface area contributed by atoms with E-state index in [0.717, 1.165) is 30.6 Å². The molecule has 32 heavy (non-hydrogen) atoms. The SMILES string of the molecule is O=C(N1CCC2(CC1)CC(Oc1ccccc1)CO2)C1(c2ccc(Cl)cc2)CCOCC1. The molecule has 3 saturated heterocycles. The van der Waals surface area contributed by atoms with Crippen LogP contribution in [0.15, 0.2) is 54.6 Å². The molecule has 5 nitrogen and oxygen atoms in total. The number of rotatable bonds is 4. The van der Waals surface area contributed by atoms with E-state index in [1.54, 1.807) is 0 Å². The summed E-state index contributed by atoms with van der Waals surface area (Å²) in [5.41, 5.74) is 0.339. The third-order valence-electron chi connectivity index (χ3n) is 7.34. The molecule has 2 aromatic rings. The summed E-state index contributed by atoms with van der Waals surface area (Å²) in [5, 5.41) is 0.689. The second-order valence-electron chi connectivity index (χ2n) is 9.24. The second-order valence-corrected chi connectivity index (χ2v) is 9.68. The van der Waals surface area contributed by atoms with Gasteiger partial charge in [0.15, 0.2) is 0 Å². The van der Waals surface area contributed by atoms with Gasteiger partial charge in [-0.2, -0.15) is 0 Å². The molecule has 1 amide bonds. The lowest BCUT2D eigenvalue weighted by molar-refractivity contribution is -0.146. The van der Waals surface area contributed by atoms with Crippen molar-refractivity contribution in [3.8, 4) is 5.75 Å². The van der Waals surface area contributed by atoms with Crippen LogP contribution >= 0.6 is 11.6 Å². The lowest BCUT2D eigenvalue weighted by Crippen LogP contribution is -2.54. The summed E-state index contributed by atoms with van der Waals surface area (Å²) < 4.78 is 18.0. The van der Waals surface area contributed by atoms with E-state index in [-0.39, 0.29) is 17.6 Å². The van der Waals surface area contributed by atoms with Crippen molar-refractivity contribution in [2.75, 3.05) is 32.9 Å². The Morgan fingerprint density at radius 2 is 1.66 bits per heavy atom. The van der Waals surface area contributed by atoms with Gasteiger partial charge in [-0.05, 0) is 55.5 Å². The first-order valence-corrected chi connectivity index (χ1v) is 12.0. The van der Waals surface area contributed by atoms with Gasteiger partial charge in [0.05, 0.1) is 17.6 Å². The van der Waals surface area contributed by atoms with Gasteiger partial charge in [0, 0.05) is 37.7 Å². The van der Waals surface area contributed by atoms with E-state index in [1.807, 2.05) is 59.5 Å². The Morgan fingerprint density at radius 3 is 2.34 bits per heavy atom. The molecule has 170 valence electrons. The lowest BCUT2D eigenvalue weighted by Gasteiger charge is -2.44. The topological polar surface area (TPSA) is 48.0 Å². The number of halogens is 1. The lowest BCUT2D eigenvalue weighted by atomic mass is 9.72. The van der Waals surface area contributed by atoms with Crippen molar-refractivity contribution in [3.63, 3.8) is 0 Å². The van der Waals surface area contributed by atoms with E-state index >= 15 is 0 Å². The molecule has 3 aliphatic heterocycles. The van der Waals surface area contributed by atoms with Crippen LogP contribution in [0.5, 0.6) is 5.75 Å². The van der Waals surface area contributed by atoms with Gasteiger partial charge in [0.25, 0.3) is 0 Å². The maximum atomic E-state index is 13.8. The Kier molecular flexibility index (Phi) is 6.15. The van der Waals surface area contributed by atoms with E-state index < -0.39 is 5.41 Å². The highest BCUT2D eigenvalue weighted by atomic mass is 35.5. The van der Waals surface area contributed by atoms with Gasteiger partial charge < -0.3 is 19.1 Å². The molecular formula is C26H30ClNO4. The largest absolute Gasteiger partial charge is 0.488 e. The van der Waals surface area contributed by atoms with Crippen molar-refractivity contribution in [1.82, 2.24) is 4.90 Å². The van der Waals surface area contributed by atoms with Gasteiger partial charge in [0.1, 0.15) is 11.9 Å². The molecule has 6 heteroatoms. The van der Waals surface area contributed by atoms with Crippen molar-refractivity contribution in [1.29, 1.82) is 0 Å². The van der Waals surface area contributed by atoms with Crippen LogP contribution in [0.25, 0.3) is 0 Å². The van der Waals surface area contributed by atoms with E-state index in [9.17, 15) is 4.79 Å². The number of ether oxygens (including phenoxy) is 3. The highest BCUT2D eigenvalue weighted by Gasteiger charge is 2.48. The van der Waals surface area contributed by atoms with Crippen molar-refractivity contribution >= 4 is 17.5 Å². The summed E-state index contributed by atoms with van der Waals surface area (Å²) in [6.07, 6.45) is 4.05. The zero-order valence-electron chi connectivity index (χ0n) is 18.3. The first-order chi connectivity index (χ1) is 15.6. The number of piperidine rings is 1. The third-order valence-corrected chi connectivity index (χ3v) is 7.59. The quantitative estimate of drug-likeness (QED) is 0.675. The van der Waals surface area contributed by atoms with Crippen LogP contribution in [0.4, 0.5) is 0 Å². The van der Waals surface area contributed by atoms with Crippen LogP contribution in [-0.4, -0.2) is 55.4 Å². The molecule has 1 unspecified atom stereocenters. The number of amides is 1. The standard InChI is InChI=1S/C26H30ClNO4/c27-21-8-6-20(7-9-21)26(12-16-30-17-13-26)24(29)28-14-10-25(11-15-28)18-23(19-31-25)32-22-4-2-1-3-5-22/h1-9,23H,10-19H2. The van der Waals surface area contributed by atoms with Crippen LogP contribution in [0.1, 0.15) is 37.7 Å². The van der Waals surface area contributed by atoms with Crippen molar-refractivity contribution in [2.45, 2.75) is 49.2 Å². The number of carbonyl (C=O) groups is 1. The zero-order valence-corrected chi connectivity index (χ0v) is 19.1. The molecule has 5 rings (SSSR count). The molecule has 0 saturated carbocycles. The van der Waals surface area contributed by atoms with Crippen LogP contribution in [0, 0.1) is 0 Å². The summed E-state index contributed by atoms with van der Waals surface area (Å²) in [7, 11) is 0. The summed E-state index contributed by atoms with van der Waals surface area (Å²) in [4.78, 5) is 15.9. The highest BCUT2D eigenvalue weighted by Crippen LogP contribution is 2.41. The molecule has 0 aliphatic carbocycles. The molecule has 0 bridgehead atoms. The van der Waals surface area contributed by atoms with E-state index in [1.165, 1.54) is 0 Å². The Labute approximate surface area is 194 Å². The first kappa shape index (κ1) is 21.7. The number of hydrogen-bond acceptors (Lipinski definition) is 4. The molecule has 3 aliphatic rings. The van der Waals surface area contributed by atoms with Crippen LogP contribution in [-0.2, 0) is 19.7 Å². The minimum atomic E-state index is -0.525. The minimum Gasteiger partial charge on any atom is -0.488 e. The number of para-hydroxylation sites is 1. The zero-order chi connectivity index (χ0) is 22.0. The fraction of sp³-hybridized carbons (Fsp3) is 0.500.